The Hall–Kier alpha value is -0.540. The standard InChI is InChI=1S/C13H20BrNO/c1-13(2,10-15-3)7-8-16-12-6-4-5-11(14)9-12/h4-6,9,15H,7-8,10H2,1-3H3. The van der Waals surface area contributed by atoms with E-state index in [1.54, 1.807) is 0 Å². The van der Waals surface area contributed by atoms with Gasteiger partial charge in [0.25, 0.3) is 0 Å². The van der Waals surface area contributed by atoms with E-state index in [0.29, 0.717) is 0 Å². The maximum Gasteiger partial charge on any atom is 0.120 e. The van der Waals surface area contributed by atoms with Gasteiger partial charge >= 0.3 is 0 Å². The van der Waals surface area contributed by atoms with Gasteiger partial charge in [-0.05, 0) is 37.1 Å². The van der Waals surface area contributed by atoms with E-state index in [-0.39, 0.29) is 5.41 Å². The first-order chi connectivity index (χ1) is 7.53. The number of nitrogens with one attached hydrogen (secondary N) is 1. The van der Waals surface area contributed by atoms with E-state index in [1.165, 1.54) is 0 Å². The summed E-state index contributed by atoms with van der Waals surface area (Å²) in [4.78, 5) is 0. The highest BCUT2D eigenvalue weighted by molar-refractivity contribution is 9.10. The molecule has 0 bridgehead atoms. The maximum absolute atomic E-state index is 5.71. The second kappa shape index (κ2) is 6.26. The second-order valence-corrected chi connectivity index (χ2v) is 5.67. The zero-order valence-electron chi connectivity index (χ0n) is 10.2. The average Bonchev–Trinajstić information content (AvgIpc) is 2.17. The fraction of sp³-hybridized carbons (Fsp3) is 0.538. The molecular formula is C13H20BrNO. The molecule has 0 aliphatic rings. The molecule has 0 spiro atoms. The van der Waals surface area contributed by atoms with Gasteiger partial charge in [-0.1, -0.05) is 35.8 Å². The van der Waals surface area contributed by atoms with Crippen molar-refractivity contribution in [3.05, 3.63) is 28.7 Å². The summed E-state index contributed by atoms with van der Waals surface area (Å²) in [6.45, 7) is 6.25. The molecule has 0 fully saturated rings. The van der Waals surface area contributed by atoms with Crippen molar-refractivity contribution in [1.29, 1.82) is 0 Å². The number of halogens is 1. The third-order valence-corrected chi connectivity index (χ3v) is 2.99. The number of hydrogen-bond acceptors (Lipinski definition) is 2. The fourth-order valence-corrected chi connectivity index (χ4v) is 1.95. The van der Waals surface area contributed by atoms with E-state index in [4.69, 9.17) is 4.74 Å². The minimum Gasteiger partial charge on any atom is -0.494 e. The van der Waals surface area contributed by atoms with Gasteiger partial charge < -0.3 is 10.1 Å². The maximum atomic E-state index is 5.71. The zero-order valence-corrected chi connectivity index (χ0v) is 11.8. The molecule has 0 radical (unpaired) electrons. The lowest BCUT2D eigenvalue weighted by Crippen LogP contribution is -2.28. The van der Waals surface area contributed by atoms with Gasteiger partial charge in [-0.15, -0.1) is 0 Å². The molecule has 90 valence electrons. The lowest BCUT2D eigenvalue weighted by Gasteiger charge is -2.24. The third-order valence-electron chi connectivity index (χ3n) is 2.50. The van der Waals surface area contributed by atoms with Gasteiger partial charge in [-0.25, -0.2) is 0 Å². The van der Waals surface area contributed by atoms with E-state index < -0.39 is 0 Å². The molecule has 0 unspecified atom stereocenters. The number of hydrogen-bond donors (Lipinski definition) is 1. The molecule has 0 aliphatic carbocycles. The van der Waals surface area contributed by atoms with E-state index in [2.05, 4.69) is 35.1 Å². The number of rotatable bonds is 6. The highest BCUT2D eigenvalue weighted by Crippen LogP contribution is 2.21. The molecule has 0 heterocycles. The van der Waals surface area contributed by atoms with Crippen molar-refractivity contribution in [2.24, 2.45) is 5.41 Å². The summed E-state index contributed by atoms with van der Waals surface area (Å²) >= 11 is 3.43. The Morgan fingerprint density at radius 3 is 2.75 bits per heavy atom. The molecule has 0 saturated heterocycles. The Morgan fingerprint density at radius 2 is 2.12 bits per heavy atom. The van der Waals surface area contributed by atoms with Crippen molar-refractivity contribution in [2.75, 3.05) is 20.2 Å². The van der Waals surface area contributed by atoms with Crippen molar-refractivity contribution in [1.82, 2.24) is 5.32 Å². The predicted octanol–water partition coefficient (Wildman–Crippen LogP) is 3.46. The Morgan fingerprint density at radius 1 is 1.38 bits per heavy atom. The Bertz CT molecular complexity index is 325. The van der Waals surface area contributed by atoms with Crippen LogP contribution in [0.4, 0.5) is 0 Å². The van der Waals surface area contributed by atoms with E-state index in [1.807, 2.05) is 31.3 Å². The molecule has 0 aliphatic heterocycles. The molecule has 0 atom stereocenters. The van der Waals surface area contributed by atoms with Gasteiger partial charge in [0.05, 0.1) is 6.61 Å². The highest BCUT2D eigenvalue weighted by Gasteiger charge is 2.16. The molecule has 0 saturated carbocycles. The highest BCUT2D eigenvalue weighted by atomic mass is 79.9. The van der Waals surface area contributed by atoms with Gasteiger partial charge in [0.15, 0.2) is 0 Å². The molecule has 0 aromatic heterocycles. The summed E-state index contributed by atoms with van der Waals surface area (Å²) in [6.07, 6.45) is 1.04. The quantitative estimate of drug-likeness (QED) is 0.864. The molecular weight excluding hydrogens is 266 g/mol. The zero-order chi connectivity index (χ0) is 12.0. The van der Waals surface area contributed by atoms with Crippen LogP contribution in [-0.2, 0) is 0 Å². The Balaban J connectivity index is 2.35. The van der Waals surface area contributed by atoms with E-state index in [9.17, 15) is 0 Å². The predicted molar refractivity (Wildman–Crippen MR) is 72.0 cm³/mol. The molecule has 0 amide bonds. The summed E-state index contributed by atoms with van der Waals surface area (Å²) in [5.74, 6) is 0.926. The minimum atomic E-state index is 0.279. The first kappa shape index (κ1) is 13.5. The van der Waals surface area contributed by atoms with Crippen LogP contribution in [0.3, 0.4) is 0 Å². The first-order valence-corrected chi connectivity index (χ1v) is 6.36. The van der Waals surface area contributed by atoms with Crippen molar-refractivity contribution < 1.29 is 4.74 Å². The summed E-state index contributed by atoms with van der Waals surface area (Å²) < 4.78 is 6.77. The molecule has 1 aromatic rings. The van der Waals surface area contributed by atoms with Crippen LogP contribution in [0, 0.1) is 5.41 Å². The number of ether oxygens (including phenoxy) is 1. The van der Waals surface area contributed by atoms with E-state index >= 15 is 0 Å². The van der Waals surface area contributed by atoms with Crippen LogP contribution >= 0.6 is 15.9 Å². The van der Waals surface area contributed by atoms with Crippen LogP contribution in [0.1, 0.15) is 20.3 Å². The molecule has 16 heavy (non-hydrogen) atoms. The lowest BCUT2D eigenvalue weighted by atomic mass is 9.90. The van der Waals surface area contributed by atoms with Gasteiger partial charge in [0.1, 0.15) is 5.75 Å². The van der Waals surface area contributed by atoms with Crippen molar-refractivity contribution in [3.63, 3.8) is 0 Å². The molecule has 1 aromatic carbocycles. The Labute approximate surface area is 107 Å². The monoisotopic (exact) mass is 285 g/mol. The molecule has 1 rings (SSSR count). The molecule has 3 heteroatoms. The van der Waals surface area contributed by atoms with Crippen molar-refractivity contribution >= 4 is 15.9 Å². The molecule has 1 N–H and O–H groups in total. The van der Waals surface area contributed by atoms with Gasteiger partial charge in [-0.3, -0.25) is 0 Å². The smallest absolute Gasteiger partial charge is 0.120 e. The van der Waals surface area contributed by atoms with Crippen molar-refractivity contribution in [2.45, 2.75) is 20.3 Å². The number of benzene rings is 1. The van der Waals surface area contributed by atoms with Gasteiger partial charge in [0.2, 0.25) is 0 Å². The van der Waals surface area contributed by atoms with Crippen LogP contribution in [0.15, 0.2) is 28.7 Å². The first-order valence-electron chi connectivity index (χ1n) is 5.56. The van der Waals surface area contributed by atoms with E-state index in [0.717, 1.165) is 29.8 Å². The SMILES string of the molecule is CNCC(C)(C)CCOc1cccc(Br)c1. The average molecular weight is 286 g/mol. The van der Waals surface area contributed by atoms with Crippen LogP contribution in [0.25, 0.3) is 0 Å². The topological polar surface area (TPSA) is 21.3 Å². The third kappa shape index (κ3) is 4.99. The minimum absolute atomic E-state index is 0.279. The molecule has 2 nitrogen and oxygen atoms in total. The summed E-state index contributed by atoms with van der Waals surface area (Å²) in [6, 6.07) is 7.96. The lowest BCUT2D eigenvalue weighted by molar-refractivity contribution is 0.225. The van der Waals surface area contributed by atoms with Crippen LogP contribution in [-0.4, -0.2) is 20.2 Å². The van der Waals surface area contributed by atoms with Gasteiger partial charge in [-0.2, -0.15) is 0 Å². The van der Waals surface area contributed by atoms with Crippen molar-refractivity contribution in [3.8, 4) is 5.75 Å². The van der Waals surface area contributed by atoms with Crippen LogP contribution in [0.2, 0.25) is 0 Å². The van der Waals surface area contributed by atoms with Crippen LogP contribution in [0.5, 0.6) is 5.75 Å². The summed E-state index contributed by atoms with van der Waals surface area (Å²) in [5, 5.41) is 3.20. The second-order valence-electron chi connectivity index (χ2n) is 4.75. The summed E-state index contributed by atoms with van der Waals surface area (Å²) in [5.41, 5.74) is 0.279. The van der Waals surface area contributed by atoms with Crippen LogP contribution < -0.4 is 10.1 Å². The summed E-state index contributed by atoms with van der Waals surface area (Å²) in [7, 11) is 1.98. The largest absolute Gasteiger partial charge is 0.494 e. The van der Waals surface area contributed by atoms with Gasteiger partial charge in [0, 0.05) is 11.0 Å². The Kier molecular flexibility index (Phi) is 5.29. The fourth-order valence-electron chi connectivity index (χ4n) is 1.57. The normalized spacial score (nSPS) is 11.5.